The summed E-state index contributed by atoms with van der Waals surface area (Å²) in [5.41, 5.74) is 1.38. The van der Waals surface area contributed by atoms with Gasteiger partial charge in [-0.15, -0.1) is 11.3 Å². The second-order valence-electron chi connectivity index (χ2n) is 4.62. The van der Waals surface area contributed by atoms with Crippen LogP contribution in [0.2, 0.25) is 0 Å². The molecule has 3 rings (SSSR count). The maximum absolute atomic E-state index is 14.0. The Kier molecular flexibility index (Phi) is 3.87. The molecule has 0 aliphatic carbocycles. The maximum Gasteiger partial charge on any atom is 0.143 e. The van der Waals surface area contributed by atoms with E-state index in [0.29, 0.717) is 16.5 Å². The van der Waals surface area contributed by atoms with Gasteiger partial charge in [0.25, 0.3) is 0 Å². The third-order valence-electron chi connectivity index (χ3n) is 3.31. The first-order valence-corrected chi connectivity index (χ1v) is 7.91. The summed E-state index contributed by atoms with van der Waals surface area (Å²) in [6, 6.07) is 13.0. The van der Waals surface area contributed by atoms with Crippen molar-refractivity contribution in [2.45, 2.75) is 12.5 Å². The van der Waals surface area contributed by atoms with E-state index in [2.05, 4.69) is 22.0 Å². The van der Waals surface area contributed by atoms with Crippen LogP contribution >= 0.6 is 27.3 Å². The summed E-state index contributed by atoms with van der Waals surface area (Å²) < 4.78 is 15.6. The van der Waals surface area contributed by atoms with Gasteiger partial charge in [0.1, 0.15) is 5.82 Å². The van der Waals surface area contributed by atoms with Crippen LogP contribution in [0.3, 0.4) is 0 Å². The highest BCUT2D eigenvalue weighted by atomic mass is 79.9. The van der Waals surface area contributed by atoms with Gasteiger partial charge in [-0.1, -0.05) is 30.3 Å². The summed E-state index contributed by atoms with van der Waals surface area (Å²) in [5.74, 6) is -0.389. The van der Waals surface area contributed by atoms with Crippen LogP contribution in [0.1, 0.15) is 17.2 Å². The molecule has 1 N–H and O–H groups in total. The average Bonchev–Trinajstić information content (AvgIpc) is 2.85. The zero-order valence-electron chi connectivity index (χ0n) is 10.5. The smallest absolute Gasteiger partial charge is 0.143 e. The summed E-state index contributed by atoms with van der Waals surface area (Å²) in [6.45, 7) is 0. The maximum atomic E-state index is 14.0. The van der Waals surface area contributed by atoms with Crippen LogP contribution in [-0.4, -0.2) is 5.11 Å². The Bertz CT molecular complexity index is 753. The molecule has 4 heteroatoms. The highest BCUT2D eigenvalue weighted by Gasteiger charge is 2.16. The summed E-state index contributed by atoms with van der Waals surface area (Å²) >= 11 is 4.79. The lowest BCUT2D eigenvalue weighted by atomic mass is 10.0. The Labute approximate surface area is 128 Å². The van der Waals surface area contributed by atoms with Gasteiger partial charge in [-0.2, -0.15) is 0 Å². The largest absolute Gasteiger partial charge is 0.388 e. The second kappa shape index (κ2) is 5.64. The van der Waals surface area contributed by atoms with Crippen LogP contribution in [0.4, 0.5) is 4.39 Å². The zero-order chi connectivity index (χ0) is 14.1. The number of thiophene rings is 1. The van der Waals surface area contributed by atoms with Gasteiger partial charge in [0.05, 0.1) is 10.6 Å². The molecular weight excluding hydrogens is 339 g/mol. The lowest BCUT2D eigenvalue weighted by Crippen LogP contribution is -2.04. The van der Waals surface area contributed by atoms with Gasteiger partial charge in [-0.05, 0) is 44.4 Å². The van der Waals surface area contributed by atoms with Crippen molar-refractivity contribution in [1.82, 2.24) is 0 Å². The minimum absolute atomic E-state index is 0.328. The van der Waals surface area contributed by atoms with Crippen molar-refractivity contribution in [1.29, 1.82) is 0 Å². The minimum Gasteiger partial charge on any atom is -0.388 e. The first kappa shape index (κ1) is 13.7. The number of hydrogen-bond acceptors (Lipinski definition) is 2. The molecule has 0 bridgehead atoms. The molecule has 0 fully saturated rings. The molecule has 0 radical (unpaired) electrons. The van der Waals surface area contributed by atoms with Crippen LogP contribution < -0.4 is 0 Å². The summed E-state index contributed by atoms with van der Waals surface area (Å²) in [7, 11) is 0. The molecule has 0 spiro atoms. The Morgan fingerprint density at radius 3 is 2.80 bits per heavy atom. The van der Waals surface area contributed by atoms with Crippen LogP contribution in [0.15, 0.2) is 52.3 Å². The van der Waals surface area contributed by atoms with Crippen molar-refractivity contribution < 1.29 is 9.50 Å². The Morgan fingerprint density at radius 2 is 1.95 bits per heavy atom. The van der Waals surface area contributed by atoms with E-state index >= 15 is 0 Å². The number of rotatable bonds is 3. The lowest BCUT2D eigenvalue weighted by Gasteiger charge is -2.12. The standard InChI is InChI=1S/C16H12BrFOS/c17-13-6-3-5-12(16(13)18)14(19)8-10-9-20-15-7-2-1-4-11(10)15/h1-7,9,14,19H,8H2. The molecule has 0 aliphatic heterocycles. The van der Waals surface area contributed by atoms with Crippen LogP contribution in [0, 0.1) is 5.82 Å². The van der Waals surface area contributed by atoms with E-state index in [-0.39, 0.29) is 5.82 Å². The number of benzene rings is 2. The molecule has 1 unspecified atom stereocenters. The number of fused-ring (bicyclic) bond motifs is 1. The highest BCUT2D eigenvalue weighted by Crippen LogP contribution is 2.31. The molecule has 3 aromatic rings. The van der Waals surface area contributed by atoms with Gasteiger partial charge in [0.2, 0.25) is 0 Å². The van der Waals surface area contributed by atoms with Crippen molar-refractivity contribution in [2.24, 2.45) is 0 Å². The molecule has 0 saturated heterocycles. The molecule has 1 atom stereocenters. The van der Waals surface area contributed by atoms with Crippen molar-refractivity contribution in [3.05, 3.63) is 69.3 Å². The number of hydrogen-bond donors (Lipinski definition) is 1. The fourth-order valence-corrected chi connectivity index (χ4v) is 3.64. The van der Waals surface area contributed by atoms with E-state index in [4.69, 9.17) is 0 Å². The minimum atomic E-state index is -0.842. The number of aliphatic hydroxyl groups excluding tert-OH is 1. The molecular formula is C16H12BrFOS. The zero-order valence-corrected chi connectivity index (χ0v) is 12.9. The quantitative estimate of drug-likeness (QED) is 0.698. The van der Waals surface area contributed by atoms with Crippen molar-refractivity contribution in [2.75, 3.05) is 0 Å². The molecule has 102 valence electrons. The van der Waals surface area contributed by atoms with Crippen LogP contribution in [0.25, 0.3) is 10.1 Å². The summed E-state index contributed by atoms with van der Waals surface area (Å²) in [4.78, 5) is 0. The Balaban J connectivity index is 1.92. The molecule has 0 saturated carbocycles. The van der Waals surface area contributed by atoms with Gasteiger partial charge in [-0.3, -0.25) is 0 Å². The Morgan fingerprint density at radius 1 is 1.15 bits per heavy atom. The number of aliphatic hydroxyl groups is 1. The molecule has 20 heavy (non-hydrogen) atoms. The van der Waals surface area contributed by atoms with Crippen molar-refractivity contribution in [3.63, 3.8) is 0 Å². The first-order valence-electron chi connectivity index (χ1n) is 6.24. The normalized spacial score (nSPS) is 12.8. The van der Waals surface area contributed by atoms with Gasteiger partial charge >= 0.3 is 0 Å². The fourth-order valence-electron chi connectivity index (χ4n) is 2.29. The molecule has 1 heterocycles. The van der Waals surface area contributed by atoms with Crippen LogP contribution in [0.5, 0.6) is 0 Å². The summed E-state index contributed by atoms with van der Waals surface area (Å²) in [6.07, 6.45) is -0.428. The van der Waals surface area contributed by atoms with E-state index in [0.717, 1.165) is 10.9 Å². The lowest BCUT2D eigenvalue weighted by molar-refractivity contribution is 0.174. The molecule has 1 aromatic heterocycles. The Hall–Kier alpha value is -1.23. The van der Waals surface area contributed by atoms with Gasteiger partial charge in [-0.25, -0.2) is 4.39 Å². The number of halogens is 2. The predicted octanol–water partition coefficient (Wildman–Crippen LogP) is 5.08. The SMILES string of the molecule is OC(Cc1csc2ccccc12)c1cccc(Br)c1F. The molecule has 0 amide bonds. The van der Waals surface area contributed by atoms with E-state index in [1.807, 2.05) is 23.6 Å². The van der Waals surface area contributed by atoms with Gasteiger partial charge < -0.3 is 5.11 Å². The molecule has 1 nitrogen and oxygen atoms in total. The third-order valence-corrected chi connectivity index (χ3v) is 4.94. The summed E-state index contributed by atoms with van der Waals surface area (Å²) in [5, 5.41) is 13.5. The highest BCUT2D eigenvalue weighted by molar-refractivity contribution is 9.10. The van der Waals surface area contributed by atoms with Gasteiger partial charge in [0.15, 0.2) is 0 Å². The van der Waals surface area contributed by atoms with Crippen molar-refractivity contribution in [3.8, 4) is 0 Å². The second-order valence-corrected chi connectivity index (χ2v) is 6.39. The van der Waals surface area contributed by atoms with Gasteiger partial charge in [0, 0.05) is 16.7 Å². The predicted molar refractivity (Wildman–Crippen MR) is 84.6 cm³/mol. The van der Waals surface area contributed by atoms with Crippen LogP contribution in [-0.2, 0) is 6.42 Å². The van der Waals surface area contributed by atoms with E-state index in [1.54, 1.807) is 29.5 Å². The topological polar surface area (TPSA) is 20.2 Å². The average molecular weight is 351 g/mol. The van der Waals surface area contributed by atoms with E-state index < -0.39 is 6.10 Å². The van der Waals surface area contributed by atoms with E-state index in [1.165, 1.54) is 4.70 Å². The fraction of sp³-hybridized carbons (Fsp3) is 0.125. The molecule has 2 aromatic carbocycles. The van der Waals surface area contributed by atoms with E-state index in [9.17, 15) is 9.50 Å². The monoisotopic (exact) mass is 350 g/mol. The first-order chi connectivity index (χ1) is 9.66. The third kappa shape index (κ3) is 2.51. The molecule has 0 aliphatic rings. The van der Waals surface area contributed by atoms with Crippen molar-refractivity contribution >= 4 is 37.4 Å².